The van der Waals surface area contributed by atoms with Gasteiger partial charge in [-0.3, -0.25) is 4.79 Å². The molecule has 0 saturated carbocycles. The molecule has 0 radical (unpaired) electrons. The van der Waals surface area contributed by atoms with Gasteiger partial charge in [0, 0.05) is 6.42 Å². The van der Waals surface area contributed by atoms with E-state index in [9.17, 15) is 19.2 Å². The lowest BCUT2D eigenvalue weighted by Gasteiger charge is -2.41. The fourth-order valence-electron chi connectivity index (χ4n) is 3.43. The van der Waals surface area contributed by atoms with Gasteiger partial charge in [0.1, 0.15) is 12.2 Å². The van der Waals surface area contributed by atoms with Gasteiger partial charge in [0.05, 0.1) is 13.7 Å². The van der Waals surface area contributed by atoms with Gasteiger partial charge in [-0.05, 0) is 44.5 Å². The van der Waals surface area contributed by atoms with Gasteiger partial charge in [-0.1, -0.05) is 51.1 Å². The molecule has 1 heterocycles. The van der Waals surface area contributed by atoms with Crippen LogP contribution in [0.25, 0.3) is 0 Å². The molecule has 0 aromatic heterocycles. The standard InChI is InChI=1S/C26H39NO9Si/c1-24(2,3)36-22(30)27-20(28)19(35-23(31)33-16-18-13-11-10-12-14-18)15-26(27,21(29)32-7)17-34-37(8,9)25(4,5)6/h10-14,19H,15-17H2,1-9H3/t19-,26+/m1/s1. The molecule has 1 aromatic rings. The average Bonchev–Trinajstić information content (AvgIpc) is 3.07. The molecule has 0 bridgehead atoms. The Morgan fingerprint density at radius 3 is 2.16 bits per heavy atom. The zero-order valence-corrected chi connectivity index (χ0v) is 24.2. The summed E-state index contributed by atoms with van der Waals surface area (Å²) in [6, 6.07) is 8.92. The van der Waals surface area contributed by atoms with E-state index in [1.807, 2.05) is 39.9 Å². The second kappa shape index (κ2) is 11.2. The van der Waals surface area contributed by atoms with Gasteiger partial charge in [-0.15, -0.1) is 0 Å². The SMILES string of the molecule is COC(=O)[C@@]1(CO[Si](C)(C)C(C)(C)C)C[C@@H](OC(=O)OCc2ccccc2)C(=O)N1C(=O)OC(C)(C)C. The molecule has 1 aliphatic rings. The minimum absolute atomic E-state index is 0.0764. The third-order valence-corrected chi connectivity index (χ3v) is 11.0. The predicted octanol–water partition coefficient (Wildman–Crippen LogP) is 4.81. The lowest BCUT2D eigenvalue weighted by molar-refractivity contribution is -0.159. The highest BCUT2D eigenvalue weighted by molar-refractivity contribution is 6.74. The molecule has 0 aliphatic carbocycles. The fraction of sp³-hybridized carbons (Fsp3) is 0.615. The van der Waals surface area contributed by atoms with Gasteiger partial charge in [0.25, 0.3) is 5.91 Å². The van der Waals surface area contributed by atoms with Crippen LogP contribution in [-0.2, 0) is 39.6 Å². The molecule has 206 valence electrons. The molecule has 2 amide bonds. The Bertz CT molecular complexity index is 998. The smallest absolute Gasteiger partial charge is 0.467 e. The molecule has 1 aliphatic heterocycles. The Kier molecular flexibility index (Phi) is 9.19. The Labute approximate surface area is 219 Å². The number of esters is 1. The molecule has 37 heavy (non-hydrogen) atoms. The minimum atomic E-state index is -2.45. The number of benzene rings is 1. The lowest BCUT2D eigenvalue weighted by Crippen LogP contribution is -2.60. The normalized spacial score (nSPS) is 20.4. The zero-order chi connectivity index (χ0) is 28.2. The first kappa shape index (κ1) is 30.3. The minimum Gasteiger partial charge on any atom is -0.467 e. The van der Waals surface area contributed by atoms with Crippen LogP contribution < -0.4 is 0 Å². The van der Waals surface area contributed by atoms with Crippen molar-refractivity contribution >= 4 is 32.4 Å². The van der Waals surface area contributed by atoms with Crippen LogP contribution in [0.3, 0.4) is 0 Å². The zero-order valence-electron chi connectivity index (χ0n) is 23.2. The van der Waals surface area contributed by atoms with E-state index in [0.29, 0.717) is 4.90 Å². The summed E-state index contributed by atoms with van der Waals surface area (Å²) in [6.07, 6.45) is -4.03. The molecule has 2 rings (SSSR count). The van der Waals surface area contributed by atoms with Crippen LogP contribution in [0.15, 0.2) is 30.3 Å². The van der Waals surface area contributed by atoms with Crippen molar-refractivity contribution in [1.82, 2.24) is 4.90 Å². The summed E-state index contributed by atoms with van der Waals surface area (Å²) >= 11 is 0. The summed E-state index contributed by atoms with van der Waals surface area (Å²) in [5.41, 5.74) is -2.14. The number of hydrogen-bond donors (Lipinski definition) is 0. The van der Waals surface area contributed by atoms with E-state index >= 15 is 0 Å². The van der Waals surface area contributed by atoms with Crippen LogP contribution in [0.4, 0.5) is 9.59 Å². The van der Waals surface area contributed by atoms with Gasteiger partial charge < -0.3 is 23.4 Å². The monoisotopic (exact) mass is 537 g/mol. The summed E-state index contributed by atoms with van der Waals surface area (Å²) in [4.78, 5) is 53.0. The molecule has 10 nitrogen and oxygen atoms in total. The average molecular weight is 538 g/mol. The van der Waals surface area contributed by atoms with Crippen LogP contribution in [0.1, 0.15) is 53.5 Å². The number of hydrogen-bond acceptors (Lipinski definition) is 9. The Morgan fingerprint density at radius 1 is 1.05 bits per heavy atom. The molecule has 0 unspecified atom stereocenters. The largest absolute Gasteiger partial charge is 0.509 e. The summed E-state index contributed by atoms with van der Waals surface area (Å²) in [7, 11) is -1.30. The predicted molar refractivity (Wildman–Crippen MR) is 137 cm³/mol. The van der Waals surface area contributed by atoms with Gasteiger partial charge in [-0.25, -0.2) is 19.3 Å². The number of amides is 2. The van der Waals surface area contributed by atoms with Crippen molar-refractivity contribution < 1.29 is 42.6 Å². The third-order valence-electron chi connectivity index (χ3n) is 6.50. The molecular formula is C26H39NO9Si. The van der Waals surface area contributed by atoms with Crippen molar-refractivity contribution in [3.05, 3.63) is 35.9 Å². The van der Waals surface area contributed by atoms with E-state index in [-0.39, 0.29) is 24.7 Å². The first-order valence-corrected chi connectivity index (χ1v) is 15.0. The van der Waals surface area contributed by atoms with Crippen molar-refractivity contribution in [3.8, 4) is 0 Å². The second-order valence-corrected chi connectivity index (χ2v) is 16.4. The van der Waals surface area contributed by atoms with E-state index in [1.54, 1.807) is 45.0 Å². The van der Waals surface area contributed by atoms with E-state index in [1.165, 1.54) is 0 Å². The molecule has 1 aromatic carbocycles. The van der Waals surface area contributed by atoms with Crippen LogP contribution >= 0.6 is 0 Å². The molecular weight excluding hydrogens is 498 g/mol. The maximum atomic E-state index is 13.4. The van der Waals surface area contributed by atoms with E-state index < -0.39 is 49.7 Å². The van der Waals surface area contributed by atoms with Gasteiger partial charge in [0.2, 0.25) is 0 Å². The van der Waals surface area contributed by atoms with Crippen LogP contribution in [-0.4, -0.2) is 68.3 Å². The number of nitrogens with zero attached hydrogens (tertiary/aromatic N) is 1. The third kappa shape index (κ3) is 7.32. The Balaban J connectivity index is 2.37. The first-order chi connectivity index (χ1) is 16.9. The number of methoxy groups -OCH3 is 1. The molecule has 1 saturated heterocycles. The molecule has 0 spiro atoms. The summed E-state index contributed by atoms with van der Waals surface area (Å²) in [5.74, 6) is -1.80. The Hall–Kier alpha value is -2.92. The summed E-state index contributed by atoms with van der Waals surface area (Å²) in [5, 5.41) is -0.221. The highest BCUT2D eigenvalue weighted by atomic mass is 28.4. The second-order valence-electron chi connectivity index (χ2n) is 11.6. The molecule has 1 fully saturated rings. The van der Waals surface area contributed by atoms with Gasteiger partial charge in [0.15, 0.2) is 20.0 Å². The van der Waals surface area contributed by atoms with Crippen LogP contribution in [0.2, 0.25) is 18.1 Å². The summed E-state index contributed by atoms with van der Waals surface area (Å²) in [6.45, 7) is 14.5. The van der Waals surface area contributed by atoms with Crippen molar-refractivity contribution in [2.24, 2.45) is 0 Å². The first-order valence-electron chi connectivity index (χ1n) is 12.1. The van der Waals surface area contributed by atoms with Crippen molar-refractivity contribution in [2.45, 2.75) is 89.9 Å². The summed E-state index contributed by atoms with van der Waals surface area (Å²) < 4.78 is 27.2. The number of imide groups is 1. The highest BCUT2D eigenvalue weighted by Gasteiger charge is 2.63. The number of ether oxygens (including phenoxy) is 4. The van der Waals surface area contributed by atoms with E-state index in [2.05, 4.69) is 0 Å². The van der Waals surface area contributed by atoms with E-state index in [4.69, 9.17) is 23.4 Å². The number of carbonyl (C=O) groups is 4. The molecule has 11 heteroatoms. The molecule has 2 atom stereocenters. The lowest BCUT2D eigenvalue weighted by atomic mass is 9.96. The number of rotatable bonds is 7. The van der Waals surface area contributed by atoms with Crippen LogP contribution in [0, 0.1) is 0 Å². The highest BCUT2D eigenvalue weighted by Crippen LogP contribution is 2.40. The number of likely N-dealkylation sites (tertiary alicyclic amines) is 1. The van der Waals surface area contributed by atoms with E-state index in [0.717, 1.165) is 12.7 Å². The van der Waals surface area contributed by atoms with Gasteiger partial charge in [-0.2, -0.15) is 0 Å². The molecule has 0 N–H and O–H groups in total. The van der Waals surface area contributed by atoms with Crippen molar-refractivity contribution in [2.75, 3.05) is 13.7 Å². The fourth-order valence-corrected chi connectivity index (χ4v) is 4.47. The van der Waals surface area contributed by atoms with Gasteiger partial charge >= 0.3 is 18.2 Å². The quantitative estimate of drug-likeness (QED) is 0.274. The number of carbonyl (C=O) groups excluding carboxylic acids is 4. The van der Waals surface area contributed by atoms with Crippen molar-refractivity contribution in [3.63, 3.8) is 0 Å². The Morgan fingerprint density at radius 2 is 1.65 bits per heavy atom. The van der Waals surface area contributed by atoms with Crippen molar-refractivity contribution in [1.29, 1.82) is 0 Å². The van der Waals surface area contributed by atoms with Crippen LogP contribution in [0.5, 0.6) is 0 Å². The maximum absolute atomic E-state index is 13.4. The topological polar surface area (TPSA) is 118 Å². The maximum Gasteiger partial charge on any atom is 0.509 e.